The Kier molecular flexibility index (Phi) is 9.73. The summed E-state index contributed by atoms with van der Waals surface area (Å²) in [5.74, 6) is -0.566. The van der Waals surface area contributed by atoms with Crippen molar-refractivity contribution in [3.05, 3.63) is 71.3 Å². The molecule has 0 aliphatic heterocycles. The van der Waals surface area contributed by atoms with Gasteiger partial charge in [0.25, 0.3) is 0 Å². The quantitative estimate of drug-likeness (QED) is 0.522. The van der Waals surface area contributed by atoms with Gasteiger partial charge in [0, 0.05) is 19.5 Å². The molecule has 0 heterocycles. The minimum absolute atomic E-state index is 0.108. The molecule has 3 rings (SSSR count). The lowest BCUT2D eigenvalue weighted by atomic mass is 9.94. The van der Waals surface area contributed by atoms with Gasteiger partial charge in [0.15, 0.2) is 0 Å². The Labute approximate surface area is 221 Å². The molecule has 1 aliphatic carbocycles. The number of alkyl carbamates (subject to hydrolysis) is 1. The van der Waals surface area contributed by atoms with E-state index in [9.17, 15) is 14.4 Å². The summed E-state index contributed by atoms with van der Waals surface area (Å²) in [6.07, 6.45) is 4.86. The van der Waals surface area contributed by atoms with Crippen LogP contribution in [0, 0.1) is 6.92 Å². The van der Waals surface area contributed by atoms with Crippen LogP contribution in [0.15, 0.2) is 54.6 Å². The molecule has 1 saturated carbocycles. The van der Waals surface area contributed by atoms with Gasteiger partial charge < -0.3 is 20.3 Å². The van der Waals surface area contributed by atoms with Crippen molar-refractivity contribution >= 4 is 17.9 Å². The Morgan fingerprint density at radius 1 is 1.00 bits per heavy atom. The highest BCUT2D eigenvalue weighted by molar-refractivity contribution is 5.92. The maximum atomic E-state index is 13.9. The Morgan fingerprint density at radius 3 is 2.30 bits per heavy atom. The first kappa shape index (κ1) is 28.2. The molecule has 0 radical (unpaired) electrons. The normalized spacial score (nSPS) is 15.8. The van der Waals surface area contributed by atoms with E-state index in [1.165, 1.54) is 11.3 Å². The average Bonchev–Trinajstić information content (AvgIpc) is 2.83. The zero-order valence-electron chi connectivity index (χ0n) is 22.8. The van der Waals surface area contributed by atoms with Gasteiger partial charge in [-0.1, -0.05) is 79.4 Å². The Bertz CT molecular complexity index is 1060. The number of carbonyl (C=O) groups is 3. The fourth-order valence-corrected chi connectivity index (χ4v) is 4.79. The fourth-order valence-electron chi connectivity index (χ4n) is 4.79. The summed E-state index contributed by atoms with van der Waals surface area (Å²) in [6.45, 7) is 7.28. The number of aryl methyl sites for hydroxylation is 1. The van der Waals surface area contributed by atoms with Crippen molar-refractivity contribution in [2.45, 2.75) is 89.9 Å². The molecule has 1 fully saturated rings. The molecule has 7 nitrogen and oxygen atoms in total. The number of ether oxygens (including phenoxy) is 1. The van der Waals surface area contributed by atoms with Gasteiger partial charge in [-0.25, -0.2) is 4.79 Å². The highest BCUT2D eigenvalue weighted by atomic mass is 16.6. The standard InChI is InChI=1S/C30H41N3O4/c1-21-13-12-16-23(19-21)26(27(34)31-24-17-10-7-11-18-24)33(5)28(35)25(20-22-14-8-6-9-15-22)32-29(36)37-30(2,3)4/h6,8-9,12-16,19,24-26H,7,10-11,17-18,20H2,1-5H3,(H,31,34)(H,32,36). The number of nitrogens with zero attached hydrogens (tertiary/aromatic N) is 1. The summed E-state index contributed by atoms with van der Waals surface area (Å²) in [6, 6.07) is 15.5. The molecule has 0 saturated heterocycles. The third-order valence-electron chi connectivity index (χ3n) is 6.56. The minimum Gasteiger partial charge on any atom is -0.444 e. The SMILES string of the molecule is Cc1cccc(C(C(=O)NC2CCCCC2)N(C)C(=O)C(Cc2ccccc2)NC(=O)OC(C)(C)C)c1. The minimum atomic E-state index is -0.906. The second kappa shape index (κ2) is 12.7. The van der Waals surface area contributed by atoms with E-state index in [2.05, 4.69) is 10.6 Å². The monoisotopic (exact) mass is 507 g/mol. The maximum absolute atomic E-state index is 13.9. The van der Waals surface area contributed by atoms with Gasteiger partial charge in [0.2, 0.25) is 11.8 Å². The summed E-state index contributed by atoms with van der Waals surface area (Å²) >= 11 is 0. The highest BCUT2D eigenvalue weighted by Crippen LogP contribution is 2.25. The number of carbonyl (C=O) groups excluding carboxylic acids is 3. The van der Waals surface area contributed by atoms with Crippen LogP contribution in [0.3, 0.4) is 0 Å². The Hall–Kier alpha value is -3.35. The van der Waals surface area contributed by atoms with Crippen molar-refractivity contribution in [2.75, 3.05) is 7.05 Å². The molecule has 2 atom stereocenters. The van der Waals surface area contributed by atoms with E-state index in [-0.39, 0.29) is 24.3 Å². The first-order chi connectivity index (χ1) is 17.5. The van der Waals surface area contributed by atoms with Crippen LogP contribution in [0.25, 0.3) is 0 Å². The molecular formula is C30H41N3O4. The van der Waals surface area contributed by atoms with Gasteiger partial charge in [-0.2, -0.15) is 0 Å². The average molecular weight is 508 g/mol. The number of rotatable bonds is 8. The maximum Gasteiger partial charge on any atom is 0.408 e. The van der Waals surface area contributed by atoms with Crippen molar-refractivity contribution < 1.29 is 19.1 Å². The number of hydrogen-bond donors (Lipinski definition) is 2. The number of hydrogen-bond acceptors (Lipinski definition) is 4. The number of nitrogens with one attached hydrogen (secondary N) is 2. The largest absolute Gasteiger partial charge is 0.444 e. The lowest BCUT2D eigenvalue weighted by Gasteiger charge is -2.33. The van der Waals surface area contributed by atoms with E-state index < -0.39 is 23.8 Å². The van der Waals surface area contributed by atoms with Gasteiger partial charge in [0.05, 0.1) is 0 Å². The van der Waals surface area contributed by atoms with Crippen LogP contribution >= 0.6 is 0 Å². The van der Waals surface area contributed by atoms with Gasteiger partial charge in [0.1, 0.15) is 17.7 Å². The molecule has 37 heavy (non-hydrogen) atoms. The van der Waals surface area contributed by atoms with E-state index in [4.69, 9.17) is 4.74 Å². The Balaban J connectivity index is 1.89. The zero-order valence-corrected chi connectivity index (χ0v) is 22.8. The predicted octanol–water partition coefficient (Wildman–Crippen LogP) is 5.08. The van der Waals surface area contributed by atoms with Crippen LogP contribution in [-0.2, 0) is 20.7 Å². The van der Waals surface area contributed by atoms with Crippen LogP contribution in [0.5, 0.6) is 0 Å². The number of amides is 3. The van der Waals surface area contributed by atoms with E-state index in [1.807, 2.05) is 61.5 Å². The van der Waals surface area contributed by atoms with Crippen molar-refractivity contribution in [3.63, 3.8) is 0 Å². The Morgan fingerprint density at radius 2 is 1.68 bits per heavy atom. The van der Waals surface area contributed by atoms with Crippen molar-refractivity contribution in [1.29, 1.82) is 0 Å². The van der Waals surface area contributed by atoms with Gasteiger partial charge in [-0.3, -0.25) is 9.59 Å². The summed E-state index contributed by atoms with van der Waals surface area (Å²) in [4.78, 5) is 41.7. The van der Waals surface area contributed by atoms with Crippen molar-refractivity contribution in [3.8, 4) is 0 Å². The third-order valence-corrected chi connectivity index (χ3v) is 6.56. The molecule has 0 spiro atoms. The van der Waals surface area contributed by atoms with Gasteiger partial charge in [-0.05, 0) is 51.7 Å². The summed E-state index contributed by atoms with van der Waals surface area (Å²) in [5, 5.41) is 5.94. The number of benzene rings is 2. The summed E-state index contributed by atoms with van der Waals surface area (Å²) in [5.41, 5.74) is 1.92. The fraction of sp³-hybridized carbons (Fsp3) is 0.500. The molecule has 2 aromatic carbocycles. The third kappa shape index (κ3) is 8.62. The zero-order chi connectivity index (χ0) is 27.0. The first-order valence-electron chi connectivity index (χ1n) is 13.2. The van der Waals surface area contributed by atoms with Crippen LogP contribution in [-0.4, -0.2) is 47.5 Å². The molecular weight excluding hydrogens is 466 g/mol. The molecule has 0 aromatic heterocycles. The van der Waals surface area contributed by atoms with Crippen molar-refractivity contribution in [2.24, 2.45) is 0 Å². The number of likely N-dealkylation sites (N-methyl/N-ethyl adjacent to an activating group) is 1. The second-order valence-corrected chi connectivity index (χ2v) is 11.0. The van der Waals surface area contributed by atoms with Crippen LogP contribution < -0.4 is 10.6 Å². The molecule has 7 heteroatoms. The molecule has 2 N–H and O–H groups in total. The highest BCUT2D eigenvalue weighted by Gasteiger charge is 2.35. The second-order valence-electron chi connectivity index (χ2n) is 11.0. The van der Waals surface area contributed by atoms with Crippen LogP contribution in [0.4, 0.5) is 4.79 Å². The predicted molar refractivity (Wildman–Crippen MR) is 145 cm³/mol. The van der Waals surface area contributed by atoms with Crippen molar-refractivity contribution in [1.82, 2.24) is 15.5 Å². The van der Waals surface area contributed by atoms with E-state index >= 15 is 0 Å². The summed E-state index contributed by atoms with van der Waals surface area (Å²) in [7, 11) is 1.63. The van der Waals surface area contributed by atoms with Gasteiger partial charge in [-0.15, -0.1) is 0 Å². The molecule has 200 valence electrons. The van der Waals surface area contributed by atoms with Crippen LogP contribution in [0.1, 0.15) is 75.6 Å². The summed E-state index contributed by atoms with van der Waals surface area (Å²) < 4.78 is 5.44. The molecule has 2 aromatic rings. The lowest BCUT2D eigenvalue weighted by Crippen LogP contribution is -2.53. The molecule has 1 aliphatic rings. The molecule has 2 unspecified atom stereocenters. The molecule has 3 amide bonds. The van der Waals surface area contributed by atoms with Crippen LogP contribution in [0.2, 0.25) is 0 Å². The van der Waals surface area contributed by atoms with E-state index in [0.29, 0.717) is 0 Å². The smallest absolute Gasteiger partial charge is 0.408 e. The molecule has 0 bridgehead atoms. The lowest BCUT2D eigenvalue weighted by molar-refractivity contribution is -0.141. The van der Waals surface area contributed by atoms with E-state index in [0.717, 1.165) is 42.4 Å². The topological polar surface area (TPSA) is 87.7 Å². The van der Waals surface area contributed by atoms with E-state index in [1.54, 1.807) is 27.8 Å². The first-order valence-corrected chi connectivity index (χ1v) is 13.2. The van der Waals surface area contributed by atoms with Gasteiger partial charge >= 0.3 is 6.09 Å².